The second-order valence-electron chi connectivity index (χ2n) is 34.0. The van der Waals surface area contributed by atoms with Crippen molar-refractivity contribution in [3.63, 3.8) is 0 Å². The van der Waals surface area contributed by atoms with Crippen LogP contribution in [0.4, 0.5) is 0 Å². The standard InChI is InChI=1S/C88H126N20O19S/c1-12-15-26-67-81(121)103-88(7,8)87(127)102-66(75(115)94-44-72(91)112)46-128-47-73(113)95-63(37-50-29-31-53(109)32-30-50)82(122)104(9)49(6)74(114)99-65(41-71(90)111)84(124)107-35-21-28-68(107)79(119)96-57(14-3)76(116)100-62(36-48(4)5)85(125)108-45-54(110)40-70(108)80(120)98-61(38-51-42-92-58-24-19-17-22-55(51)58)78(118)97-60(33-34-89)77(117)101-64(39-52-43-93-59-25-20-18-23-56(52)59)83(123)106(11)69(27-16-13-2)86(126)105(67)10/h17-20,22-25,29-32,42-43,48-49,54,57,60-70,92-93,109-110H,12-16,21,26-28,33-41,44-47,89H2,1-11H3,(H2,90,111)(H2,91,112)(H,94,115)(H,95,113)(H,96,119)(H,97,118)(H,98,120)(H,99,114)(H,100,116)(H,101,117)(H,102,127)(H,103,121)/t49-,54+,57-,60-,61?,62-,63-,64-,65-,66-,67-,68-,69-,70-/m0/s1. The number of unbranched alkanes of at least 4 members (excludes halogenated alkanes) is 2. The van der Waals surface area contributed by atoms with Gasteiger partial charge in [0.2, 0.25) is 100 Å². The average Bonchev–Trinajstić information content (AvgIpc) is 1.49. The van der Waals surface area contributed by atoms with Crippen LogP contribution in [0.25, 0.3) is 21.8 Å². The highest BCUT2D eigenvalue weighted by molar-refractivity contribution is 8.00. The van der Waals surface area contributed by atoms with E-state index in [1.165, 1.54) is 76.0 Å². The molecule has 128 heavy (non-hydrogen) atoms. The third kappa shape index (κ3) is 27.2. The molecule has 40 heteroatoms. The summed E-state index contributed by atoms with van der Waals surface area (Å²) < 4.78 is 0. The molecule has 17 amide bonds. The molecule has 2 aromatic heterocycles. The molecule has 3 saturated heterocycles. The van der Waals surface area contributed by atoms with Gasteiger partial charge in [0.05, 0.1) is 24.8 Å². The Morgan fingerprint density at radius 2 is 1.09 bits per heavy atom. The molecule has 0 saturated carbocycles. The molecule has 3 fully saturated rings. The van der Waals surface area contributed by atoms with E-state index in [0.717, 1.165) is 26.5 Å². The van der Waals surface area contributed by atoms with Crippen molar-refractivity contribution in [1.82, 2.24) is 87.6 Å². The molecule has 3 aliphatic heterocycles. The Morgan fingerprint density at radius 3 is 1.68 bits per heavy atom. The average molecular weight is 1800 g/mol. The van der Waals surface area contributed by atoms with Crippen LogP contribution in [0.1, 0.15) is 156 Å². The normalized spacial score (nSPS) is 25.4. The van der Waals surface area contributed by atoms with Crippen molar-refractivity contribution in [2.45, 2.75) is 248 Å². The van der Waals surface area contributed by atoms with E-state index in [0.29, 0.717) is 64.2 Å². The highest BCUT2D eigenvalue weighted by atomic mass is 32.2. The fraction of sp³-hybridized carbons (Fsp3) is 0.557. The van der Waals surface area contributed by atoms with E-state index in [1.54, 1.807) is 69.6 Å². The number of amides is 17. The smallest absolute Gasteiger partial charge is 0.246 e. The summed E-state index contributed by atoms with van der Waals surface area (Å²) in [6.07, 6.45) is 2.02. The highest BCUT2D eigenvalue weighted by Crippen LogP contribution is 2.28. The predicted molar refractivity (Wildman–Crippen MR) is 475 cm³/mol. The minimum absolute atomic E-state index is 0.0311. The van der Waals surface area contributed by atoms with Crippen LogP contribution in [0.2, 0.25) is 0 Å². The Labute approximate surface area is 747 Å². The van der Waals surface area contributed by atoms with Crippen LogP contribution in [-0.4, -0.2) is 294 Å². The first-order valence-corrected chi connectivity index (χ1v) is 44.7. The van der Waals surface area contributed by atoms with Crippen molar-refractivity contribution in [2.75, 3.05) is 58.8 Å². The van der Waals surface area contributed by atoms with E-state index in [2.05, 4.69) is 63.1 Å². The Bertz CT molecular complexity index is 4830. The number of carbonyl (C=O) groups excluding carboxylic acids is 17. The number of likely N-dealkylation sites (N-methyl/N-ethyl adjacent to an activating group) is 3. The number of H-pyrrole nitrogens is 2. The maximum atomic E-state index is 15.7. The van der Waals surface area contributed by atoms with E-state index >= 15 is 33.6 Å². The summed E-state index contributed by atoms with van der Waals surface area (Å²) in [6.45, 7) is 11.4. The van der Waals surface area contributed by atoms with Gasteiger partial charge in [0.1, 0.15) is 89.8 Å². The number of aromatic hydroxyl groups is 1. The first-order chi connectivity index (χ1) is 60.7. The molecule has 0 bridgehead atoms. The third-order valence-corrected chi connectivity index (χ3v) is 24.4. The van der Waals surface area contributed by atoms with Crippen molar-refractivity contribution >= 4 is 134 Å². The number of primary amides is 2. The predicted octanol–water partition coefficient (Wildman–Crippen LogP) is -0.981. The summed E-state index contributed by atoms with van der Waals surface area (Å²) in [5, 5.41) is 49.7. The summed E-state index contributed by atoms with van der Waals surface area (Å²) in [7, 11) is 4.00. The number of carbonyl (C=O) groups is 17. The quantitative estimate of drug-likeness (QED) is 0.0396. The summed E-state index contributed by atoms with van der Waals surface area (Å²) in [5.74, 6) is -16.4. The van der Waals surface area contributed by atoms with Gasteiger partial charge in [0, 0.05) is 99.9 Å². The first kappa shape index (κ1) is 101. The molecule has 5 heterocycles. The van der Waals surface area contributed by atoms with Gasteiger partial charge in [0.25, 0.3) is 0 Å². The number of hydrogen-bond donors (Lipinski definition) is 17. The van der Waals surface area contributed by atoms with Crippen LogP contribution in [0.15, 0.2) is 85.2 Å². The number of fused-ring (bicyclic) bond motifs is 4. The zero-order valence-electron chi connectivity index (χ0n) is 74.5. The second kappa shape index (κ2) is 47.0. The van der Waals surface area contributed by atoms with Gasteiger partial charge in [-0.1, -0.05) is 109 Å². The lowest BCUT2D eigenvalue weighted by atomic mass is 9.99. The van der Waals surface area contributed by atoms with Gasteiger partial charge >= 0.3 is 0 Å². The molecule has 0 spiro atoms. The number of aromatic nitrogens is 2. The molecule has 3 aliphatic rings. The second-order valence-corrected chi connectivity index (χ2v) is 35.1. The third-order valence-electron chi connectivity index (χ3n) is 23.4. The fourth-order valence-electron chi connectivity index (χ4n) is 16.0. The Hall–Kier alpha value is -12.2. The molecular formula is C88H126N20O19S. The number of rotatable bonds is 22. The maximum absolute atomic E-state index is 15.7. The van der Waals surface area contributed by atoms with E-state index in [9.17, 15) is 58.2 Å². The SMILES string of the molecule is CCCC[C@H]1C(=O)N(C)[C@@H](CCCC)C(=O)NC(C)(C)C(=O)N[C@H](C(=O)NCC(N)=O)CSCC(=O)N[C@@H](Cc2ccc(O)cc2)C(=O)N(C)[C@@H](C)C(=O)N[C@@H](CC(N)=O)C(=O)N2CCC[C@H]2C(=O)N[C@@H](CC)C(=O)N[C@@H](CC(C)C)C(=O)N2C[C@H](O)C[C@H]2C(=O)NC(Cc2c[nH]c3ccccc23)C(=O)N[C@@H](CCN)C(=O)N[C@@H](Cc2c[nH]c3ccccc23)C(=O)N1C. The van der Waals surface area contributed by atoms with E-state index in [1.807, 2.05) is 26.0 Å². The summed E-state index contributed by atoms with van der Waals surface area (Å²) in [4.78, 5) is 260. The van der Waals surface area contributed by atoms with Crippen molar-refractivity contribution < 1.29 is 91.7 Å². The molecule has 698 valence electrons. The van der Waals surface area contributed by atoms with Crippen molar-refractivity contribution in [3.05, 3.63) is 102 Å². The van der Waals surface area contributed by atoms with Gasteiger partial charge in [-0.15, -0.1) is 11.8 Å². The highest BCUT2D eigenvalue weighted by Gasteiger charge is 2.47. The molecule has 5 aromatic rings. The first-order valence-electron chi connectivity index (χ1n) is 43.5. The van der Waals surface area contributed by atoms with E-state index in [-0.39, 0.29) is 95.4 Å². The molecular weight excluding hydrogens is 1670 g/mol. The van der Waals surface area contributed by atoms with Crippen LogP contribution < -0.4 is 70.4 Å². The lowest BCUT2D eigenvalue weighted by Gasteiger charge is -2.37. The van der Waals surface area contributed by atoms with Crippen LogP contribution in [0.5, 0.6) is 5.75 Å². The number of benzene rings is 3. The van der Waals surface area contributed by atoms with Gasteiger partial charge in [0.15, 0.2) is 0 Å². The minimum Gasteiger partial charge on any atom is -0.508 e. The fourth-order valence-corrected chi connectivity index (χ4v) is 16.9. The number of aromatic amines is 2. The number of thioether (sulfide) groups is 1. The topological polar surface area (TPSA) is 577 Å². The molecule has 8 rings (SSSR count). The van der Waals surface area contributed by atoms with Crippen LogP contribution >= 0.6 is 11.8 Å². The van der Waals surface area contributed by atoms with Gasteiger partial charge in [-0.25, -0.2) is 0 Å². The number of aliphatic hydroxyl groups excluding tert-OH is 1. The number of hydrogen-bond acceptors (Lipinski definition) is 21. The number of phenolic OH excluding ortho intramolecular Hbond substituents is 1. The number of nitrogens with zero attached hydrogens (tertiary/aromatic N) is 5. The van der Waals surface area contributed by atoms with Crippen LogP contribution in [0.3, 0.4) is 0 Å². The molecule has 1 unspecified atom stereocenters. The molecule has 14 atom stereocenters. The Morgan fingerprint density at radius 1 is 0.562 bits per heavy atom. The number of para-hydroxylation sites is 2. The zero-order valence-corrected chi connectivity index (χ0v) is 75.3. The summed E-state index contributed by atoms with van der Waals surface area (Å²) in [6, 6.07) is 0.942. The lowest BCUT2D eigenvalue weighted by Crippen LogP contribution is -2.63. The van der Waals surface area contributed by atoms with Crippen molar-refractivity contribution in [1.29, 1.82) is 0 Å². The van der Waals surface area contributed by atoms with Gasteiger partial charge in [-0.2, -0.15) is 0 Å². The summed E-state index contributed by atoms with van der Waals surface area (Å²) >= 11 is 0.792. The van der Waals surface area contributed by atoms with E-state index < -0.39 is 222 Å². The summed E-state index contributed by atoms with van der Waals surface area (Å²) in [5.41, 5.74) is 18.3. The van der Waals surface area contributed by atoms with Crippen molar-refractivity contribution in [3.8, 4) is 5.75 Å². The molecule has 20 N–H and O–H groups in total. The molecule has 39 nitrogen and oxygen atoms in total. The van der Waals surface area contributed by atoms with Crippen molar-refractivity contribution in [2.24, 2.45) is 23.1 Å². The number of aliphatic hydroxyl groups is 1. The monoisotopic (exact) mass is 1800 g/mol. The number of nitrogens with two attached hydrogens (primary N) is 3. The maximum Gasteiger partial charge on any atom is 0.246 e. The van der Waals surface area contributed by atoms with Gasteiger partial charge in [-0.3, -0.25) is 81.5 Å². The Kier molecular flexibility index (Phi) is 37.2. The molecule has 0 radical (unpaired) electrons. The number of phenols is 1. The molecule has 0 aliphatic carbocycles. The zero-order chi connectivity index (χ0) is 94.1. The largest absolute Gasteiger partial charge is 0.508 e. The Balaban J connectivity index is 1.17. The van der Waals surface area contributed by atoms with Crippen LogP contribution in [-0.2, 0) is 101 Å². The lowest BCUT2D eigenvalue weighted by molar-refractivity contribution is -0.150. The minimum atomic E-state index is -1.91. The number of nitrogens with one attached hydrogen (secondary N) is 12. The van der Waals surface area contributed by atoms with Crippen LogP contribution in [0, 0.1) is 5.92 Å². The van der Waals surface area contributed by atoms with Gasteiger partial charge < -0.3 is 115 Å². The molecule has 3 aromatic carbocycles. The van der Waals surface area contributed by atoms with Gasteiger partial charge in [-0.05, 0) is 119 Å². The van der Waals surface area contributed by atoms with E-state index in [4.69, 9.17) is 17.2 Å².